The third kappa shape index (κ3) is 7.87. The fraction of sp³-hybridized carbons (Fsp3) is 0.682. The van der Waals surface area contributed by atoms with E-state index < -0.39 is 0 Å². The van der Waals surface area contributed by atoms with Crippen LogP contribution in [0.1, 0.15) is 56.6 Å². The van der Waals surface area contributed by atoms with Crippen LogP contribution < -0.4 is 10.6 Å². The lowest BCUT2D eigenvalue weighted by molar-refractivity contribution is -0.0390. The van der Waals surface area contributed by atoms with E-state index >= 15 is 0 Å². The molecule has 1 heterocycles. The van der Waals surface area contributed by atoms with Crippen LogP contribution in [0.5, 0.6) is 0 Å². The molecule has 0 spiro atoms. The van der Waals surface area contributed by atoms with E-state index in [1.165, 1.54) is 36.8 Å². The predicted octanol–water partition coefficient (Wildman–Crippen LogP) is 4.24. The van der Waals surface area contributed by atoms with Gasteiger partial charge in [0.05, 0.1) is 12.7 Å². The summed E-state index contributed by atoms with van der Waals surface area (Å²) in [4.78, 5) is 4.39. The Morgan fingerprint density at radius 2 is 1.82 bits per heavy atom. The third-order valence-corrected chi connectivity index (χ3v) is 5.69. The molecule has 1 aromatic rings. The van der Waals surface area contributed by atoms with Gasteiger partial charge in [-0.05, 0) is 55.6 Å². The maximum absolute atomic E-state index is 6.04. The number of ether oxygens (including phenoxy) is 2. The maximum atomic E-state index is 6.04. The topological polar surface area (TPSA) is 54.9 Å². The fourth-order valence-electron chi connectivity index (χ4n) is 3.86. The van der Waals surface area contributed by atoms with Crippen LogP contribution in [0.3, 0.4) is 0 Å². The molecule has 5 nitrogen and oxygen atoms in total. The number of nitrogens with zero attached hydrogens (tertiary/aromatic N) is 1. The smallest absolute Gasteiger partial charge is 0.191 e. The van der Waals surface area contributed by atoms with Gasteiger partial charge in [-0.3, -0.25) is 4.99 Å². The van der Waals surface area contributed by atoms with Gasteiger partial charge in [0, 0.05) is 32.8 Å². The Bertz CT molecular complexity index is 597. The summed E-state index contributed by atoms with van der Waals surface area (Å²) >= 11 is 0. The van der Waals surface area contributed by atoms with Crippen molar-refractivity contribution in [1.82, 2.24) is 10.6 Å². The summed E-state index contributed by atoms with van der Waals surface area (Å²) in [7, 11) is 1.85. The van der Waals surface area contributed by atoms with E-state index in [2.05, 4.69) is 46.8 Å². The Hall–Kier alpha value is -0.860. The molecule has 0 atom stereocenters. The molecule has 0 bridgehead atoms. The van der Waals surface area contributed by atoms with Crippen LogP contribution in [0.15, 0.2) is 29.3 Å². The van der Waals surface area contributed by atoms with Crippen molar-refractivity contribution >= 4 is 29.9 Å². The van der Waals surface area contributed by atoms with E-state index in [9.17, 15) is 0 Å². The van der Waals surface area contributed by atoms with Crippen LogP contribution in [0.4, 0.5) is 0 Å². The molecule has 1 saturated carbocycles. The van der Waals surface area contributed by atoms with Gasteiger partial charge >= 0.3 is 0 Å². The van der Waals surface area contributed by atoms with Crippen LogP contribution in [0.2, 0.25) is 0 Å². The first-order valence-electron chi connectivity index (χ1n) is 10.5. The van der Waals surface area contributed by atoms with Crippen LogP contribution in [-0.4, -0.2) is 38.4 Å². The SMILES string of the molecule is CN=C(NCc1cccc(COC2CCOCC2)c1)NC1CCC(C)CC1.I. The Morgan fingerprint density at radius 3 is 2.54 bits per heavy atom. The summed E-state index contributed by atoms with van der Waals surface area (Å²) < 4.78 is 11.4. The Labute approximate surface area is 187 Å². The summed E-state index contributed by atoms with van der Waals surface area (Å²) in [6, 6.07) is 9.17. The molecule has 0 aromatic heterocycles. The van der Waals surface area contributed by atoms with Crippen LogP contribution >= 0.6 is 24.0 Å². The zero-order valence-corrected chi connectivity index (χ0v) is 19.6. The van der Waals surface area contributed by atoms with Crippen molar-refractivity contribution in [2.24, 2.45) is 10.9 Å². The molecule has 1 aromatic carbocycles. The zero-order valence-electron chi connectivity index (χ0n) is 17.3. The Balaban J connectivity index is 0.00000280. The monoisotopic (exact) mass is 501 g/mol. The molecule has 0 unspecified atom stereocenters. The highest BCUT2D eigenvalue weighted by Crippen LogP contribution is 2.23. The summed E-state index contributed by atoms with van der Waals surface area (Å²) in [5.41, 5.74) is 2.48. The van der Waals surface area contributed by atoms with Crippen molar-refractivity contribution in [3.8, 4) is 0 Å². The van der Waals surface area contributed by atoms with E-state index in [1.54, 1.807) is 0 Å². The number of rotatable bonds is 6. The average Bonchev–Trinajstić information content (AvgIpc) is 2.72. The Kier molecular flexibility index (Phi) is 10.6. The second kappa shape index (κ2) is 12.6. The first-order valence-corrected chi connectivity index (χ1v) is 10.5. The summed E-state index contributed by atoms with van der Waals surface area (Å²) in [5, 5.41) is 7.04. The average molecular weight is 501 g/mol. The first kappa shape index (κ1) is 23.4. The van der Waals surface area contributed by atoms with E-state index in [1.807, 2.05) is 7.05 Å². The maximum Gasteiger partial charge on any atom is 0.191 e. The van der Waals surface area contributed by atoms with Gasteiger partial charge in [0.1, 0.15) is 0 Å². The normalized spacial score (nSPS) is 23.7. The lowest BCUT2D eigenvalue weighted by Crippen LogP contribution is -2.44. The van der Waals surface area contributed by atoms with E-state index in [0.29, 0.717) is 18.8 Å². The second-order valence-electron chi connectivity index (χ2n) is 7.97. The number of guanidine groups is 1. The van der Waals surface area contributed by atoms with Crippen LogP contribution in [0, 0.1) is 5.92 Å². The van der Waals surface area contributed by atoms with Crippen LogP contribution in [-0.2, 0) is 22.6 Å². The molecule has 28 heavy (non-hydrogen) atoms. The van der Waals surface area contributed by atoms with Gasteiger partial charge in [-0.25, -0.2) is 0 Å². The van der Waals surface area contributed by atoms with E-state index in [-0.39, 0.29) is 24.0 Å². The molecule has 2 N–H and O–H groups in total. The van der Waals surface area contributed by atoms with Crippen molar-refractivity contribution in [3.63, 3.8) is 0 Å². The lowest BCUT2D eigenvalue weighted by Gasteiger charge is -2.28. The van der Waals surface area contributed by atoms with Gasteiger partial charge < -0.3 is 20.1 Å². The largest absolute Gasteiger partial charge is 0.381 e. The lowest BCUT2D eigenvalue weighted by atomic mass is 9.87. The van der Waals surface area contributed by atoms with Crippen molar-refractivity contribution < 1.29 is 9.47 Å². The number of aliphatic imine (C=N–C) groups is 1. The van der Waals surface area contributed by atoms with Crippen LogP contribution in [0.25, 0.3) is 0 Å². The minimum atomic E-state index is 0. The number of hydrogen-bond donors (Lipinski definition) is 2. The molecule has 0 amide bonds. The predicted molar refractivity (Wildman–Crippen MR) is 125 cm³/mol. The highest BCUT2D eigenvalue weighted by Gasteiger charge is 2.19. The third-order valence-electron chi connectivity index (χ3n) is 5.69. The molecule has 158 valence electrons. The molecule has 0 radical (unpaired) electrons. The van der Waals surface area contributed by atoms with Crippen molar-refractivity contribution in [2.45, 2.75) is 70.7 Å². The molecule has 1 aliphatic heterocycles. The highest BCUT2D eigenvalue weighted by molar-refractivity contribution is 14.0. The number of hydrogen-bond acceptors (Lipinski definition) is 3. The molecular weight excluding hydrogens is 465 g/mol. The standard InChI is InChI=1S/C22H35N3O2.HI/c1-17-6-8-20(9-7-17)25-22(23-2)24-15-18-4-3-5-19(14-18)16-27-21-10-12-26-13-11-21;/h3-5,14,17,20-21H,6-13,15-16H2,1-2H3,(H2,23,24,25);1H. The van der Waals surface area contributed by atoms with Gasteiger partial charge in [0.2, 0.25) is 0 Å². The highest BCUT2D eigenvalue weighted by atomic mass is 127. The quantitative estimate of drug-likeness (QED) is 0.348. The number of nitrogens with one attached hydrogen (secondary N) is 2. The van der Waals surface area contributed by atoms with Gasteiger partial charge in [-0.2, -0.15) is 0 Å². The fourth-order valence-corrected chi connectivity index (χ4v) is 3.86. The van der Waals surface area contributed by atoms with Gasteiger partial charge in [-0.15, -0.1) is 24.0 Å². The summed E-state index contributed by atoms with van der Waals surface area (Å²) in [5.74, 6) is 1.77. The number of benzene rings is 1. The summed E-state index contributed by atoms with van der Waals surface area (Å²) in [6.07, 6.45) is 7.43. The van der Waals surface area contributed by atoms with Crippen molar-refractivity contribution in [2.75, 3.05) is 20.3 Å². The molecule has 2 aliphatic rings. The zero-order chi connectivity index (χ0) is 18.9. The van der Waals surface area contributed by atoms with E-state index in [4.69, 9.17) is 9.47 Å². The molecule has 1 aliphatic carbocycles. The Morgan fingerprint density at radius 1 is 1.11 bits per heavy atom. The molecule has 3 rings (SSSR count). The minimum absolute atomic E-state index is 0. The summed E-state index contributed by atoms with van der Waals surface area (Å²) in [6.45, 7) is 5.43. The molecule has 1 saturated heterocycles. The van der Waals surface area contributed by atoms with Gasteiger partial charge in [0.25, 0.3) is 0 Å². The second-order valence-corrected chi connectivity index (χ2v) is 7.97. The molecular formula is C22H36IN3O2. The van der Waals surface area contributed by atoms with Gasteiger partial charge in [0.15, 0.2) is 5.96 Å². The number of halogens is 1. The first-order chi connectivity index (χ1) is 13.2. The molecule has 6 heteroatoms. The van der Waals surface area contributed by atoms with Gasteiger partial charge in [-0.1, -0.05) is 31.2 Å². The van der Waals surface area contributed by atoms with E-state index in [0.717, 1.165) is 44.5 Å². The molecule has 2 fully saturated rings. The van der Waals surface area contributed by atoms with Crippen molar-refractivity contribution in [1.29, 1.82) is 0 Å². The van der Waals surface area contributed by atoms with Crippen molar-refractivity contribution in [3.05, 3.63) is 35.4 Å². The minimum Gasteiger partial charge on any atom is -0.381 e.